The minimum absolute atomic E-state index is 0.0528. The van der Waals surface area contributed by atoms with Gasteiger partial charge in [0.2, 0.25) is 0 Å². The molecule has 118 valence electrons. The van der Waals surface area contributed by atoms with Crippen LogP contribution >= 0.6 is 0 Å². The SMILES string of the molecule is C=CCOC12CC3CC(C1)C1(CC(C)(C)OCO1)C(C3)C2. The molecule has 0 radical (unpaired) electrons. The molecule has 3 heteroatoms. The highest BCUT2D eigenvalue weighted by molar-refractivity contribution is 5.15. The van der Waals surface area contributed by atoms with Crippen LogP contribution < -0.4 is 0 Å². The van der Waals surface area contributed by atoms with Gasteiger partial charge in [-0.3, -0.25) is 0 Å². The van der Waals surface area contributed by atoms with Gasteiger partial charge in [0.1, 0.15) is 6.79 Å². The van der Waals surface area contributed by atoms with Gasteiger partial charge in [0.15, 0.2) is 0 Å². The second-order valence-electron chi connectivity index (χ2n) is 8.42. The van der Waals surface area contributed by atoms with Crippen LogP contribution in [0.4, 0.5) is 0 Å². The van der Waals surface area contributed by atoms with Gasteiger partial charge in [0, 0.05) is 6.42 Å². The Labute approximate surface area is 128 Å². The van der Waals surface area contributed by atoms with E-state index in [9.17, 15) is 0 Å². The van der Waals surface area contributed by atoms with Gasteiger partial charge in [-0.25, -0.2) is 0 Å². The summed E-state index contributed by atoms with van der Waals surface area (Å²) in [4.78, 5) is 0. The molecule has 1 heterocycles. The smallest absolute Gasteiger partial charge is 0.148 e. The first-order chi connectivity index (χ1) is 9.97. The third-order valence-electron chi connectivity index (χ3n) is 6.50. The summed E-state index contributed by atoms with van der Waals surface area (Å²) >= 11 is 0. The molecule has 5 fully saturated rings. The third kappa shape index (κ3) is 2.12. The van der Waals surface area contributed by atoms with Gasteiger partial charge in [0.05, 0.1) is 23.4 Å². The van der Waals surface area contributed by atoms with Gasteiger partial charge in [-0.05, 0) is 63.7 Å². The van der Waals surface area contributed by atoms with Crippen molar-refractivity contribution in [3.8, 4) is 0 Å². The van der Waals surface area contributed by atoms with Crippen LogP contribution in [0.25, 0.3) is 0 Å². The molecule has 5 rings (SSSR count). The number of rotatable bonds is 3. The molecule has 4 saturated carbocycles. The maximum Gasteiger partial charge on any atom is 0.148 e. The lowest BCUT2D eigenvalue weighted by Crippen LogP contribution is -2.68. The second-order valence-corrected chi connectivity index (χ2v) is 8.42. The largest absolute Gasteiger partial charge is 0.371 e. The average molecular weight is 292 g/mol. The fraction of sp³-hybridized carbons (Fsp3) is 0.889. The lowest BCUT2D eigenvalue weighted by Gasteiger charge is -2.66. The van der Waals surface area contributed by atoms with Gasteiger partial charge < -0.3 is 14.2 Å². The van der Waals surface area contributed by atoms with E-state index in [1.54, 1.807) is 0 Å². The molecule has 1 saturated heterocycles. The quantitative estimate of drug-likeness (QED) is 0.743. The van der Waals surface area contributed by atoms with Crippen LogP contribution in [-0.2, 0) is 14.2 Å². The number of hydrogen-bond acceptors (Lipinski definition) is 3. The topological polar surface area (TPSA) is 27.7 Å². The van der Waals surface area contributed by atoms with E-state index in [1.807, 2.05) is 6.08 Å². The Morgan fingerprint density at radius 2 is 1.86 bits per heavy atom. The van der Waals surface area contributed by atoms with E-state index < -0.39 is 0 Å². The van der Waals surface area contributed by atoms with Crippen molar-refractivity contribution in [2.45, 2.75) is 69.2 Å². The fourth-order valence-corrected chi connectivity index (χ4v) is 5.99. The lowest BCUT2D eigenvalue weighted by atomic mass is 9.46. The minimum Gasteiger partial charge on any atom is -0.371 e. The minimum atomic E-state index is -0.0528. The van der Waals surface area contributed by atoms with Crippen LogP contribution in [0.1, 0.15) is 52.4 Å². The molecule has 0 aromatic carbocycles. The summed E-state index contributed by atoms with van der Waals surface area (Å²) in [5.74, 6) is 2.14. The van der Waals surface area contributed by atoms with E-state index in [2.05, 4.69) is 20.4 Å². The molecule has 0 amide bonds. The van der Waals surface area contributed by atoms with Gasteiger partial charge in [-0.1, -0.05) is 6.08 Å². The maximum atomic E-state index is 6.33. The number of ether oxygens (including phenoxy) is 3. The molecule has 0 aromatic heterocycles. The second kappa shape index (κ2) is 4.56. The highest BCUT2D eigenvalue weighted by atomic mass is 16.7. The zero-order valence-corrected chi connectivity index (χ0v) is 13.4. The van der Waals surface area contributed by atoms with Crippen molar-refractivity contribution in [2.24, 2.45) is 17.8 Å². The molecule has 21 heavy (non-hydrogen) atoms. The first-order valence-electron chi connectivity index (χ1n) is 8.50. The van der Waals surface area contributed by atoms with Crippen molar-refractivity contribution in [2.75, 3.05) is 13.4 Å². The van der Waals surface area contributed by atoms with Crippen LogP contribution in [0, 0.1) is 17.8 Å². The van der Waals surface area contributed by atoms with Gasteiger partial charge >= 0.3 is 0 Å². The molecule has 2 unspecified atom stereocenters. The zero-order chi connectivity index (χ0) is 14.7. The van der Waals surface area contributed by atoms with E-state index in [-0.39, 0.29) is 16.8 Å². The Morgan fingerprint density at radius 1 is 1.14 bits per heavy atom. The Hall–Kier alpha value is -0.380. The normalized spacial score (nSPS) is 50.5. The lowest BCUT2D eigenvalue weighted by molar-refractivity contribution is -0.332. The van der Waals surface area contributed by atoms with Crippen LogP contribution in [0.2, 0.25) is 0 Å². The summed E-state index contributed by atoms with van der Waals surface area (Å²) in [6.07, 6.45) is 9.18. The number of hydrogen-bond donors (Lipinski definition) is 0. The Balaban J connectivity index is 1.62. The Morgan fingerprint density at radius 3 is 2.48 bits per heavy atom. The summed E-state index contributed by atoms with van der Waals surface area (Å²) < 4.78 is 18.4. The van der Waals surface area contributed by atoms with E-state index in [4.69, 9.17) is 14.2 Å². The van der Waals surface area contributed by atoms with Crippen molar-refractivity contribution in [1.29, 1.82) is 0 Å². The fourth-order valence-electron chi connectivity index (χ4n) is 5.99. The molecular formula is C18H28O3. The van der Waals surface area contributed by atoms with Gasteiger partial charge in [-0.2, -0.15) is 0 Å². The van der Waals surface area contributed by atoms with E-state index >= 15 is 0 Å². The predicted molar refractivity (Wildman–Crippen MR) is 80.9 cm³/mol. The molecular weight excluding hydrogens is 264 g/mol. The molecule has 3 nitrogen and oxygen atoms in total. The maximum absolute atomic E-state index is 6.33. The van der Waals surface area contributed by atoms with Crippen LogP contribution in [0.3, 0.4) is 0 Å². The molecule has 1 aliphatic heterocycles. The highest BCUT2D eigenvalue weighted by Gasteiger charge is 2.65. The summed E-state index contributed by atoms with van der Waals surface area (Å²) in [6.45, 7) is 9.40. The van der Waals surface area contributed by atoms with Crippen LogP contribution in [0.5, 0.6) is 0 Å². The molecule has 0 N–H and O–H groups in total. The van der Waals surface area contributed by atoms with Crippen molar-refractivity contribution in [3.63, 3.8) is 0 Å². The molecule has 5 aliphatic rings. The molecule has 1 spiro atoms. The Bertz CT molecular complexity index is 426. The van der Waals surface area contributed by atoms with Crippen molar-refractivity contribution in [3.05, 3.63) is 12.7 Å². The van der Waals surface area contributed by atoms with Crippen molar-refractivity contribution >= 4 is 0 Å². The first-order valence-corrected chi connectivity index (χ1v) is 8.50. The van der Waals surface area contributed by atoms with E-state index in [0.717, 1.165) is 12.3 Å². The average Bonchev–Trinajstić information content (AvgIpc) is 2.41. The van der Waals surface area contributed by atoms with E-state index in [1.165, 1.54) is 32.1 Å². The molecule has 4 aliphatic carbocycles. The molecule has 2 atom stereocenters. The van der Waals surface area contributed by atoms with Crippen LogP contribution in [-0.4, -0.2) is 30.2 Å². The monoisotopic (exact) mass is 292 g/mol. The molecule has 4 bridgehead atoms. The van der Waals surface area contributed by atoms with Crippen LogP contribution in [0.15, 0.2) is 12.7 Å². The van der Waals surface area contributed by atoms with Crippen molar-refractivity contribution in [1.82, 2.24) is 0 Å². The highest BCUT2D eigenvalue weighted by Crippen LogP contribution is 2.64. The molecule has 0 aromatic rings. The summed E-state index contributed by atoms with van der Waals surface area (Å²) in [5.41, 5.74) is 0.115. The first kappa shape index (κ1) is 14.2. The van der Waals surface area contributed by atoms with E-state index in [0.29, 0.717) is 25.2 Å². The summed E-state index contributed by atoms with van der Waals surface area (Å²) in [5, 5.41) is 0. The summed E-state index contributed by atoms with van der Waals surface area (Å²) in [6, 6.07) is 0. The Kier molecular flexibility index (Phi) is 3.09. The van der Waals surface area contributed by atoms with Gasteiger partial charge in [0.25, 0.3) is 0 Å². The predicted octanol–water partition coefficient (Wildman–Crippen LogP) is 3.68. The third-order valence-corrected chi connectivity index (χ3v) is 6.50. The zero-order valence-electron chi connectivity index (χ0n) is 13.4. The van der Waals surface area contributed by atoms with Crippen molar-refractivity contribution < 1.29 is 14.2 Å². The standard InChI is InChI=1S/C18H28O3/c1-4-5-19-17-8-13-6-14(9-17)18(15(7-13)10-17)11-16(2,3)20-12-21-18/h4,13-15H,1,5-12H2,2-3H3. The van der Waals surface area contributed by atoms with Gasteiger partial charge in [-0.15, -0.1) is 6.58 Å². The summed E-state index contributed by atoms with van der Waals surface area (Å²) in [7, 11) is 0.